The molecule has 5 nitrogen and oxygen atoms in total. The maximum atomic E-state index is 4.47. The fraction of sp³-hybridized carbons (Fsp3) is 0.778. The number of hydrogen-bond donors (Lipinski definition) is 2. The number of rotatable bonds is 2. The predicted molar refractivity (Wildman–Crippen MR) is 59.4 cm³/mol. The molecule has 1 heterocycles. The summed E-state index contributed by atoms with van der Waals surface area (Å²) in [5.74, 6) is 1.66. The first-order chi connectivity index (χ1) is 6.67. The Labute approximate surface area is 85.3 Å². The van der Waals surface area contributed by atoms with Gasteiger partial charge in [-0.15, -0.1) is 0 Å². The third kappa shape index (κ3) is 2.61. The first-order valence-corrected chi connectivity index (χ1v) is 4.95. The van der Waals surface area contributed by atoms with Crippen molar-refractivity contribution in [2.45, 2.75) is 25.9 Å². The third-order valence-electron chi connectivity index (χ3n) is 1.99. The summed E-state index contributed by atoms with van der Waals surface area (Å²) < 4.78 is 0. The summed E-state index contributed by atoms with van der Waals surface area (Å²) in [4.78, 5) is 10.8. The van der Waals surface area contributed by atoms with Gasteiger partial charge in [-0.2, -0.15) is 0 Å². The summed E-state index contributed by atoms with van der Waals surface area (Å²) in [7, 11) is 5.79. The van der Waals surface area contributed by atoms with Crippen LogP contribution in [0.3, 0.4) is 0 Å². The molecule has 14 heavy (non-hydrogen) atoms. The fourth-order valence-corrected chi connectivity index (χ4v) is 1.23. The lowest BCUT2D eigenvalue weighted by atomic mass is 10.3. The van der Waals surface area contributed by atoms with Gasteiger partial charge in [0.1, 0.15) is 6.17 Å². The molecule has 1 aliphatic rings. The number of hydrogen-bond acceptors (Lipinski definition) is 5. The van der Waals surface area contributed by atoms with Gasteiger partial charge in [0.25, 0.3) is 0 Å². The van der Waals surface area contributed by atoms with Crippen LogP contribution in [0.25, 0.3) is 0 Å². The Morgan fingerprint density at radius 2 is 2.14 bits per heavy atom. The molecule has 0 radical (unpaired) electrons. The lowest BCUT2D eigenvalue weighted by Gasteiger charge is -2.24. The van der Waals surface area contributed by atoms with Crippen LogP contribution in [0.4, 0.5) is 0 Å². The lowest BCUT2D eigenvalue weighted by Crippen LogP contribution is -2.48. The molecule has 2 N–H and O–H groups in total. The van der Waals surface area contributed by atoms with Gasteiger partial charge in [0, 0.05) is 21.1 Å². The molecular weight excluding hydrogens is 178 g/mol. The maximum Gasteiger partial charge on any atom is 0.202 e. The van der Waals surface area contributed by atoms with E-state index in [0.29, 0.717) is 0 Å². The van der Waals surface area contributed by atoms with Gasteiger partial charge in [0.05, 0.1) is 0 Å². The van der Waals surface area contributed by atoms with Crippen LogP contribution in [-0.4, -0.2) is 44.1 Å². The van der Waals surface area contributed by atoms with Gasteiger partial charge < -0.3 is 10.2 Å². The minimum Gasteiger partial charge on any atom is -0.359 e. The smallest absolute Gasteiger partial charge is 0.202 e. The van der Waals surface area contributed by atoms with Crippen molar-refractivity contribution in [3.63, 3.8) is 0 Å². The first-order valence-electron chi connectivity index (χ1n) is 4.95. The standard InChI is InChI=1S/C9H19N5/c1-5-6-7-11-8(10-2)13-9(12-7)14(3)4/h7H,5-6H2,1-4H3,(H2,10,11,12,13). The largest absolute Gasteiger partial charge is 0.359 e. The Hall–Kier alpha value is -1.26. The normalized spacial score (nSPS) is 20.7. The van der Waals surface area contributed by atoms with Crippen molar-refractivity contribution in [2.75, 3.05) is 21.1 Å². The predicted octanol–water partition coefficient (Wildman–Crippen LogP) is 0.209. The van der Waals surface area contributed by atoms with Crippen LogP contribution in [0.15, 0.2) is 9.98 Å². The number of nitrogens with zero attached hydrogens (tertiary/aromatic N) is 3. The Balaban J connectivity index is 2.72. The minimum atomic E-state index is 0.0566. The molecule has 0 fully saturated rings. The molecule has 1 unspecified atom stereocenters. The second-order valence-corrected chi connectivity index (χ2v) is 3.47. The third-order valence-corrected chi connectivity index (χ3v) is 1.99. The van der Waals surface area contributed by atoms with Gasteiger partial charge in [-0.25, -0.2) is 9.98 Å². The average Bonchev–Trinajstić information content (AvgIpc) is 2.17. The Morgan fingerprint density at radius 3 is 2.64 bits per heavy atom. The quantitative estimate of drug-likeness (QED) is 0.665. The molecule has 0 saturated heterocycles. The van der Waals surface area contributed by atoms with Crippen LogP contribution in [0.1, 0.15) is 19.8 Å². The molecule has 0 aliphatic carbocycles. The summed E-state index contributed by atoms with van der Waals surface area (Å²) in [6.07, 6.45) is 2.14. The van der Waals surface area contributed by atoms with E-state index in [-0.39, 0.29) is 6.17 Å². The number of aliphatic imine (C=N–C) groups is 2. The fourth-order valence-electron chi connectivity index (χ4n) is 1.23. The highest BCUT2D eigenvalue weighted by molar-refractivity contribution is 5.99. The van der Waals surface area contributed by atoms with Crippen LogP contribution in [0, 0.1) is 0 Å². The van der Waals surface area contributed by atoms with Crippen molar-refractivity contribution in [1.82, 2.24) is 15.5 Å². The van der Waals surface area contributed by atoms with Crippen LogP contribution >= 0.6 is 0 Å². The van der Waals surface area contributed by atoms with Crippen molar-refractivity contribution in [3.8, 4) is 0 Å². The van der Waals surface area contributed by atoms with E-state index < -0.39 is 0 Å². The summed E-state index contributed by atoms with van der Waals surface area (Å²) in [6, 6.07) is 0. The van der Waals surface area contributed by atoms with Crippen molar-refractivity contribution in [3.05, 3.63) is 0 Å². The van der Waals surface area contributed by atoms with Gasteiger partial charge in [-0.05, 0) is 6.42 Å². The van der Waals surface area contributed by atoms with Gasteiger partial charge in [0.15, 0.2) is 5.96 Å². The van der Waals surface area contributed by atoms with Gasteiger partial charge in [-0.1, -0.05) is 13.3 Å². The first kappa shape index (κ1) is 10.8. The van der Waals surface area contributed by atoms with Gasteiger partial charge in [0.2, 0.25) is 5.96 Å². The van der Waals surface area contributed by atoms with Crippen LogP contribution in [-0.2, 0) is 0 Å². The SMILES string of the molecule is CCCC1N=C(NC)NC(N(C)C)=N1. The molecule has 0 aromatic heterocycles. The van der Waals surface area contributed by atoms with E-state index in [4.69, 9.17) is 0 Å². The second kappa shape index (κ2) is 4.83. The Morgan fingerprint density at radius 1 is 1.43 bits per heavy atom. The Kier molecular flexibility index (Phi) is 3.73. The van der Waals surface area contributed by atoms with E-state index in [1.165, 1.54) is 0 Å². The van der Waals surface area contributed by atoms with E-state index >= 15 is 0 Å². The number of nitrogens with one attached hydrogen (secondary N) is 2. The van der Waals surface area contributed by atoms with Crippen molar-refractivity contribution in [2.24, 2.45) is 9.98 Å². The summed E-state index contributed by atoms with van der Waals surface area (Å²) in [6.45, 7) is 2.14. The Bertz CT molecular complexity index is 244. The molecule has 1 aliphatic heterocycles. The van der Waals surface area contributed by atoms with Crippen LogP contribution in [0.2, 0.25) is 0 Å². The zero-order valence-corrected chi connectivity index (χ0v) is 9.33. The van der Waals surface area contributed by atoms with Crippen LogP contribution in [0.5, 0.6) is 0 Å². The molecule has 0 spiro atoms. The zero-order valence-electron chi connectivity index (χ0n) is 9.33. The highest BCUT2D eigenvalue weighted by Crippen LogP contribution is 2.07. The van der Waals surface area contributed by atoms with E-state index in [1.807, 2.05) is 26.0 Å². The van der Waals surface area contributed by atoms with E-state index in [9.17, 15) is 0 Å². The van der Waals surface area contributed by atoms with E-state index in [1.54, 1.807) is 0 Å². The van der Waals surface area contributed by atoms with Crippen molar-refractivity contribution in [1.29, 1.82) is 0 Å². The summed E-state index contributed by atoms with van der Waals surface area (Å²) in [5.41, 5.74) is 0. The molecule has 1 atom stereocenters. The lowest BCUT2D eigenvalue weighted by molar-refractivity contribution is 0.552. The molecule has 0 amide bonds. The molecular formula is C9H19N5. The van der Waals surface area contributed by atoms with E-state index in [0.717, 1.165) is 24.8 Å². The zero-order chi connectivity index (χ0) is 10.6. The van der Waals surface area contributed by atoms with E-state index in [2.05, 4.69) is 27.5 Å². The minimum absolute atomic E-state index is 0.0566. The molecule has 0 aromatic rings. The topological polar surface area (TPSA) is 52.0 Å². The summed E-state index contributed by atoms with van der Waals surface area (Å²) >= 11 is 0. The summed E-state index contributed by atoms with van der Waals surface area (Å²) in [5, 5.41) is 6.11. The monoisotopic (exact) mass is 197 g/mol. The highest BCUT2D eigenvalue weighted by Gasteiger charge is 2.15. The molecule has 0 saturated carbocycles. The molecule has 0 bridgehead atoms. The molecule has 80 valence electrons. The van der Waals surface area contributed by atoms with Gasteiger partial charge >= 0.3 is 0 Å². The van der Waals surface area contributed by atoms with Gasteiger partial charge in [-0.3, -0.25) is 5.32 Å². The molecule has 0 aromatic carbocycles. The van der Waals surface area contributed by atoms with Crippen LogP contribution < -0.4 is 10.6 Å². The van der Waals surface area contributed by atoms with Crippen molar-refractivity contribution < 1.29 is 0 Å². The highest BCUT2D eigenvalue weighted by atomic mass is 15.4. The number of guanidine groups is 2. The molecule has 5 heteroatoms. The molecule has 1 rings (SSSR count). The average molecular weight is 197 g/mol. The van der Waals surface area contributed by atoms with Crippen molar-refractivity contribution >= 4 is 11.9 Å². The second-order valence-electron chi connectivity index (χ2n) is 3.47. The maximum absolute atomic E-state index is 4.47.